The number of hydrazine groups is 1. The zero-order chi connectivity index (χ0) is 21.8. The van der Waals surface area contributed by atoms with Crippen LogP contribution in [0.5, 0.6) is 0 Å². The Labute approximate surface area is 178 Å². The molecule has 1 amide bonds. The van der Waals surface area contributed by atoms with Gasteiger partial charge in [-0.05, 0) is 18.4 Å². The molecule has 31 heavy (non-hydrogen) atoms. The predicted molar refractivity (Wildman–Crippen MR) is 106 cm³/mol. The molecule has 1 aromatic rings. The van der Waals surface area contributed by atoms with Crippen LogP contribution in [0.3, 0.4) is 0 Å². The summed E-state index contributed by atoms with van der Waals surface area (Å²) in [4.78, 5) is 14.0. The normalized spacial score (nSPS) is 29.8. The van der Waals surface area contributed by atoms with E-state index in [0.29, 0.717) is 63.5 Å². The number of nitrogens with zero attached hydrogens (tertiary/aromatic N) is 3. The molecular formula is C22H23F3N4O2. The molecule has 3 unspecified atom stereocenters. The first-order valence-electron chi connectivity index (χ1n) is 10.3. The van der Waals surface area contributed by atoms with Gasteiger partial charge in [-0.2, -0.15) is 5.01 Å². The molecule has 4 aliphatic heterocycles. The molecule has 2 bridgehead atoms. The number of fused-ring (bicyclic) bond motifs is 5. The van der Waals surface area contributed by atoms with Crippen molar-refractivity contribution in [2.24, 2.45) is 5.73 Å². The average molecular weight is 432 g/mol. The van der Waals surface area contributed by atoms with E-state index in [-0.39, 0.29) is 12.0 Å². The lowest BCUT2D eigenvalue weighted by molar-refractivity contribution is -0.116. The van der Waals surface area contributed by atoms with E-state index in [0.717, 1.165) is 11.3 Å². The third-order valence-electron chi connectivity index (χ3n) is 6.59. The minimum absolute atomic E-state index is 0.00489. The van der Waals surface area contributed by atoms with Crippen LogP contribution in [0.4, 0.5) is 13.2 Å². The van der Waals surface area contributed by atoms with Gasteiger partial charge < -0.3 is 10.5 Å². The third kappa shape index (κ3) is 3.37. The standard InChI is InChI=1S/C22H23F3N4O2/c23-16-8-19(24)18(20(25)9-16)7-15-3-5-27-11-17-2-1-14(21(26)30)10-28(17)29(13-27)22(15)4-6-31-12-22/h2-3,8-10H,1,4-7,11-13H2,(H2,26,30). The molecule has 0 radical (unpaired) electrons. The highest BCUT2D eigenvalue weighted by Gasteiger charge is 2.50. The minimum atomic E-state index is -0.939. The van der Waals surface area contributed by atoms with E-state index in [4.69, 9.17) is 10.5 Å². The summed E-state index contributed by atoms with van der Waals surface area (Å²) in [6.07, 6.45) is 6.86. The molecule has 164 valence electrons. The molecule has 1 spiro atoms. The van der Waals surface area contributed by atoms with Crippen molar-refractivity contribution in [3.05, 3.63) is 70.3 Å². The first kappa shape index (κ1) is 20.3. The molecule has 2 saturated heterocycles. The van der Waals surface area contributed by atoms with Crippen LogP contribution in [0, 0.1) is 17.5 Å². The maximum atomic E-state index is 14.5. The van der Waals surface area contributed by atoms with E-state index < -0.39 is 28.9 Å². The number of carbonyl (C=O) groups is 1. The summed E-state index contributed by atoms with van der Waals surface area (Å²) in [6, 6.07) is 1.42. The van der Waals surface area contributed by atoms with Gasteiger partial charge in [0.1, 0.15) is 17.5 Å². The number of primary amides is 1. The highest BCUT2D eigenvalue weighted by molar-refractivity contribution is 5.92. The summed E-state index contributed by atoms with van der Waals surface area (Å²) < 4.78 is 48.2. The SMILES string of the molecule is NC(=O)C1=CN2C(=CC1)CN1CC=C(Cc3c(F)cc(F)cc3F)C3(CCOC3)N2C1. The number of carbonyl (C=O) groups excluding carboxylic acids is 1. The highest BCUT2D eigenvalue weighted by atomic mass is 19.1. The number of hydrogen-bond donors (Lipinski definition) is 1. The summed E-state index contributed by atoms with van der Waals surface area (Å²) in [6.45, 7) is 2.70. The summed E-state index contributed by atoms with van der Waals surface area (Å²) in [5, 5.41) is 4.06. The van der Waals surface area contributed by atoms with Crippen LogP contribution in [0.25, 0.3) is 0 Å². The number of hydrogen-bond acceptors (Lipinski definition) is 5. The van der Waals surface area contributed by atoms with Gasteiger partial charge in [-0.25, -0.2) is 13.2 Å². The van der Waals surface area contributed by atoms with Crippen LogP contribution < -0.4 is 5.73 Å². The van der Waals surface area contributed by atoms with Crippen molar-refractivity contribution in [3.63, 3.8) is 0 Å². The van der Waals surface area contributed by atoms with E-state index in [1.54, 1.807) is 6.20 Å². The van der Waals surface area contributed by atoms with Gasteiger partial charge in [0.15, 0.2) is 0 Å². The van der Waals surface area contributed by atoms with Crippen LogP contribution >= 0.6 is 0 Å². The fraction of sp³-hybridized carbons (Fsp3) is 0.409. The van der Waals surface area contributed by atoms with Crippen molar-refractivity contribution in [2.75, 3.05) is 33.0 Å². The Bertz CT molecular complexity index is 1010. The van der Waals surface area contributed by atoms with Crippen LogP contribution in [-0.4, -0.2) is 59.3 Å². The lowest BCUT2D eigenvalue weighted by Gasteiger charge is -2.52. The minimum Gasteiger partial charge on any atom is -0.379 e. The van der Waals surface area contributed by atoms with Crippen LogP contribution in [0.2, 0.25) is 0 Å². The Hall–Kier alpha value is -2.62. The first-order chi connectivity index (χ1) is 14.9. The Morgan fingerprint density at radius 3 is 2.65 bits per heavy atom. The number of rotatable bonds is 3. The van der Waals surface area contributed by atoms with Crippen molar-refractivity contribution >= 4 is 5.91 Å². The summed E-state index contributed by atoms with van der Waals surface area (Å²) >= 11 is 0. The molecule has 0 saturated carbocycles. The quantitative estimate of drug-likeness (QED) is 0.743. The molecule has 5 rings (SSSR count). The summed E-state index contributed by atoms with van der Waals surface area (Å²) in [5.74, 6) is -3.21. The maximum absolute atomic E-state index is 14.5. The maximum Gasteiger partial charge on any atom is 0.246 e. The topological polar surface area (TPSA) is 62.0 Å². The van der Waals surface area contributed by atoms with Gasteiger partial charge >= 0.3 is 0 Å². The number of allylic oxidation sites excluding steroid dienone is 1. The average Bonchev–Trinajstić information content (AvgIpc) is 3.18. The second-order valence-electron chi connectivity index (χ2n) is 8.40. The number of nitrogens with two attached hydrogens (primary N) is 1. The Kier molecular flexibility index (Phi) is 4.91. The second kappa shape index (κ2) is 7.51. The molecule has 4 heterocycles. The van der Waals surface area contributed by atoms with Crippen molar-refractivity contribution in [1.82, 2.24) is 14.9 Å². The van der Waals surface area contributed by atoms with Crippen molar-refractivity contribution in [2.45, 2.75) is 24.8 Å². The molecule has 9 heteroatoms. The predicted octanol–water partition coefficient (Wildman–Crippen LogP) is 2.19. The van der Waals surface area contributed by atoms with E-state index in [1.807, 2.05) is 17.2 Å². The lowest BCUT2D eigenvalue weighted by atomic mass is 9.83. The molecule has 2 N–H and O–H groups in total. The number of benzene rings is 1. The van der Waals surface area contributed by atoms with Gasteiger partial charge in [-0.3, -0.25) is 14.7 Å². The zero-order valence-electron chi connectivity index (χ0n) is 16.9. The van der Waals surface area contributed by atoms with Crippen molar-refractivity contribution in [1.29, 1.82) is 0 Å². The fourth-order valence-electron chi connectivity index (χ4n) is 4.91. The molecule has 1 aromatic carbocycles. The molecule has 4 aliphatic rings. The van der Waals surface area contributed by atoms with E-state index >= 15 is 0 Å². The van der Waals surface area contributed by atoms with Gasteiger partial charge in [-0.15, -0.1) is 0 Å². The van der Waals surface area contributed by atoms with Crippen LogP contribution in [-0.2, 0) is 16.0 Å². The highest BCUT2D eigenvalue weighted by Crippen LogP contribution is 2.42. The molecule has 6 nitrogen and oxygen atoms in total. The number of halogens is 3. The Morgan fingerprint density at radius 2 is 1.97 bits per heavy atom. The molecule has 3 atom stereocenters. The molecular weight excluding hydrogens is 409 g/mol. The van der Waals surface area contributed by atoms with E-state index in [9.17, 15) is 18.0 Å². The van der Waals surface area contributed by atoms with Crippen LogP contribution in [0.1, 0.15) is 18.4 Å². The second-order valence-corrected chi connectivity index (χ2v) is 8.40. The van der Waals surface area contributed by atoms with Gasteiger partial charge in [0.05, 0.1) is 18.8 Å². The lowest BCUT2D eigenvalue weighted by Crippen LogP contribution is -2.63. The zero-order valence-corrected chi connectivity index (χ0v) is 16.9. The van der Waals surface area contributed by atoms with Crippen LogP contribution in [0.15, 0.2) is 47.3 Å². The summed E-state index contributed by atoms with van der Waals surface area (Å²) in [5.41, 5.74) is 7.07. The van der Waals surface area contributed by atoms with Gasteiger partial charge in [0.2, 0.25) is 5.91 Å². The third-order valence-corrected chi connectivity index (χ3v) is 6.59. The largest absolute Gasteiger partial charge is 0.379 e. The van der Waals surface area contributed by atoms with Gasteiger partial charge in [-0.1, -0.05) is 12.2 Å². The fourth-order valence-corrected chi connectivity index (χ4v) is 4.91. The molecule has 0 aliphatic carbocycles. The Balaban J connectivity index is 1.57. The van der Waals surface area contributed by atoms with Crippen molar-refractivity contribution < 1.29 is 22.7 Å². The number of ether oxygens (including phenoxy) is 1. The smallest absolute Gasteiger partial charge is 0.246 e. The first-order valence-corrected chi connectivity index (χ1v) is 10.3. The number of amides is 1. The van der Waals surface area contributed by atoms with Gasteiger partial charge in [0.25, 0.3) is 0 Å². The Morgan fingerprint density at radius 1 is 1.19 bits per heavy atom. The monoisotopic (exact) mass is 432 g/mol. The van der Waals surface area contributed by atoms with E-state index in [2.05, 4.69) is 9.91 Å². The molecule has 2 fully saturated rings. The van der Waals surface area contributed by atoms with E-state index in [1.165, 1.54) is 0 Å². The summed E-state index contributed by atoms with van der Waals surface area (Å²) in [7, 11) is 0. The molecule has 0 aromatic heterocycles. The van der Waals surface area contributed by atoms with Gasteiger partial charge in [0, 0.05) is 61.3 Å². The van der Waals surface area contributed by atoms with Crippen molar-refractivity contribution in [3.8, 4) is 0 Å².